The molecule has 3 rings (SSSR count). The summed E-state index contributed by atoms with van der Waals surface area (Å²) in [6.07, 6.45) is 0. The van der Waals surface area contributed by atoms with Crippen molar-refractivity contribution in [1.29, 1.82) is 0 Å². The lowest BCUT2D eigenvalue weighted by Crippen LogP contribution is -2.21. The Bertz CT molecular complexity index is 896. The summed E-state index contributed by atoms with van der Waals surface area (Å²) in [4.78, 5) is 11.3. The third kappa shape index (κ3) is 5.24. The predicted octanol–water partition coefficient (Wildman–Crippen LogP) is 4.31. The Hall–Kier alpha value is -2.99. The van der Waals surface area contributed by atoms with E-state index >= 15 is 0 Å². The number of halogens is 1. The van der Waals surface area contributed by atoms with Crippen LogP contribution in [0.25, 0.3) is 11.3 Å². The molecule has 0 aliphatic rings. The largest absolute Gasteiger partial charge is 0.353 e. The van der Waals surface area contributed by atoms with E-state index in [2.05, 4.69) is 25.5 Å². The topological polar surface area (TPSA) is 53.1 Å². The predicted molar refractivity (Wildman–Crippen MR) is 109 cm³/mol. The van der Waals surface area contributed by atoms with Crippen LogP contribution in [0.3, 0.4) is 0 Å². The second-order valence-corrected chi connectivity index (χ2v) is 6.65. The van der Waals surface area contributed by atoms with E-state index in [9.17, 15) is 4.39 Å². The second kappa shape index (κ2) is 8.60. The number of hydrogen-bond donors (Lipinski definition) is 2. The van der Waals surface area contributed by atoms with E-state index in [-0.39, 0.29) is 5.82 Å². The van der Waals surface area contributed by atoms with Crippen LogP contribution in [0, 0.1) is 12.7 Å². The summed E-state index contributed by atoms with van der Waals surface area (Å²) in [7, 11) is 4.04. The molecule has 140 valence electrons. The maximum Gasteiger partial charge on any atom is 0.225 e. The van der Waals surface area contributed by atoms with Crippen molar-refractivity contribution >= 4 is 17.5 Å². The van der Waals surface area contributed by atoms with E-state index in [0.29, 0.717) is 17.3 Å². The monoisotopic (exact) mass is 365 g/mol. The first-order valence-electron chi connectivity index (χ1n) is 8.87. The van der Waals surface area contributed by atoms with E-state index in [4.69, 9.17) is 0 Å². The molecular formula is C21H24FN5. The minimum atomic E-state index is -0.223. The van der Waals surface area contributed by atoms with Gasteiger partial charge in [-0.2, -0.15) is 4.98 Å². The molecule has 0 amide bonds. The highest BCUT2D eigenvalue weighted by atomic mass is 19.1. The summed E-state index contributed by atoms with van der Waals surface area (Å²) in [6, 6.07) is 16.8. The van der Waals surface area contributed by atoms with Gasteiger partial charge in [0, 0.05) is 30.4 Å². The lowest BCUT2D eigenvalue weighted by Gasteiger charge is -2.13. The molecule has 0 atom stereocenters. The Morgan fingerprint density at radius 2 is 1.78 bits per heavy atom. The molecule has 0 spiro atoms. The number of benzene rings is 2. The molecule has 0 saturated carbocycles. The molecule has 1 heterocycles. The number of hydrogen-bond acceptors (Lipinski definition) is 5. The molecule has 0 radical (unpaired) electrons. The van der Waals surface area contributed by atoms with Gasteiger partial charge in [-0.15, -0.1) is 0 Å². The van der Waals surface area contributed by atoms with Crippen molar-refractivity contribution in [3.8, 4) is 11.3 Å². The van der Waals surface area contributed by atoms with Gasteiger partial charge in [0.25, 0.3) is 0 Å². The van der Waals surface area contributed by atoms with Gasteiger partial charge in [-0.1, -0.05) is 30.3 Å². The highest BCUT2D eigenvalue weighted by molar-refractivity contribution is 5.67. The first-order valence-corrected chi connectivity index (χ1v) is 8.87. The van der Waals surface area contributed by atoms with Gasteiger partial charge in [-0.05, 0) is 44.8 Å². The summed E-state index contributed by atoms with van der Waals surface area (Å²) < 4.78 is 13.5. The van der Waals surface area contributed by atoms with Crippen LogP contribution in [0.4, 0.5) is 21.8 Å². The third-order valence-electron chi connectivity index (χ3n) is 4.07. The standard InChI is InChI=1S/C21H24FN5/c1-15-13-17(9-10-18(15)22)24-20-14-19(16-7-5-4-6-8-16)25-21(26-20)23-11-12-27(2)3/h4-10,13-14H,11-12H2,1-3H3,(H2,23,24,25,26). The zero-order valence-corrected chi connectivity index (χ0v) is 15.8. The van der Waals surface area contributed by atoms with Crippen LogP contribution in [0.2, 0.25) is 0 Å². The Morgan fingerprint density at radius 3 is 2.48 bits per heavy atom. The van der Waals surface area contributed by atoms with Gasteiger partial charge in [0.05, 0.1) is 5.69 Å². The smallest absolute Gasteiger partial charge is 0.225 e. The number of aryl methyl sites for hydroxylation is 1. The van der Waals surface area contributed by atoms with E-state index in [1.54, 1.807) is 19.1 Å². The van der Waals surface area contributed by atoms with E-state index in [0.717, 1.165) is 30.0 Å². The first kappa shape index (κ1) is 18.8. The lowest BCUT2D eigenvalue weighted by molar-refractivity contribution is 0.425. The maximum atomic E-state index is 13.5. The van der Waals surface area contributed by atoms with Crippen molar-refractivity contribution in [3.63, 3.8) is 0 Å². The molecule has 6 heteroatoms. The quantitative estimate of drug-likeness (QED) is 0.653. The number of nitrogens with one attached hydrogen (secondary N) is 2. The van der Waals surface area contributed by atoms with Gasteiger partial charge in [-0.25, -0.2) is 9.37 Å². The highest BCUT2D eigenvalue weighted by Gasteiger charge is 2.08. The van der Waals surface area contributed by atoms with Crippen LogP contribution < -0.4 is 10.6 Å². The van der Waals surface area contributed by atoms with E-state index in [1.165, 1.54) is 6.07 Å². The fraction of sp³-hybridized carbons (Fsp3) is 0.238. The molecule has 0 unspecified atom stereocenters. The number of likely N-dealkylation sites (N-methyl/N-ethyl adjacent to an activating group) is 1. The fourth-order valence-corrected chi connectivity index (χ4v) is 2.61. The highest BCUT2D eigenvalue weighted by Crippen LogP contribution is 2.24. The summed E-state index contributed by atoms with van der Waals surface area (Å²) in [5.41, 5.74) is 3.20. The van der Waals surface area contributed by atoms with Gasteiger partial charge in [-0.3, -0.25) is 0 Å². The number of aromatic nitrogens is 2. The molecule has 3 aromatic rings. The van der Waals surface area contributed by atoms with Crippen molar-refractivity contribution in [3.05, 3.63) is 66.0 Å². The van der Waals surface area contributed by atoms with Gasteiger partial charge < -0.3 is 15.5 Å². The first-order chi connectivity index (χ1) is 13.0. The maximum absolute atomic E-state index is 13.5. The van der Waals surface area contributed by atoms with Gasteiger partial charge in [0.1, 0.15) is 11.6 Å². The minimum absolute atomic E-state index is 0.223. The molecule has 0 fully saturated rings. The second-order valence-electron chi connectivity index (χ2n) is 6.65. The number of anilines is 3. The van der Waals surface area contributed by atoms with Gasteiger partial charge >= 0.3 is 0 Å². The van der Waals surface area contributed by atoms with Crippen molar-refractivity contribution in [2.24, 2.45) is 0 Å². The lowest BCUT2D eigenvalue weighted by atomic mass is 10.1. The Balaban J connectivity index is 1.90. The number of rotatable bonds is 7. The van der Waals surface area contributed by atoms with Crippen molar-refractivity contribution in [1.82, 2.24) is 14.9 Å². The Labute approximate surface area is 159 Å². The van der Waals surface area contributed by atoms with Crippen LogP contribution in [0.1, 0.15) is 5.56 Å². The van der Waals surface area contributed by atoms with Crippen LogP contribution in [0.5, 0.6) is 0 Å². The zero-order chi connectivity index (χ0) is 19.2. The molecule has 0 saturated heterocycles. The summed E-state index contributed by atoms with van der Waals surface area (Å²) in [5, 5.41) is 6.52. The fourth-order valence-electron chi connectivity index (χ4n) is 2.61. The van der Waals surface area contributed by atoms with E-state index < -0.39 is 0 Å². The van der Waals surface area contributed by atoms with Crippen LogP contribution in [-0.4, -0.2) is 42.1 Å². The third-order valence-corrected chi connectivity index (χ3v) is 4.07. The Kier molecular flexibility index (Phi) is 5.98. The molecule has 0 bridgehead atoms. The molecule has 0 aliphatic heterocycles. The molecular weight excluding hydrogens is 341 g/mol. The summed E-state index contributed by atoms with van der Waals surface area (Å²) in [6.45, 7) is 3.35. The molecule has 2 aromatic carbocycles. The molecule has 27 heavy (non-hydrogen) atoms. The summed E-state index contributed by atoms with van der Waals surface area (Å²) >= 11 is 0. The van der Waals surface area contributed by atoms with E-state index in [1.807, 2.05) is 50.5 Å². The molecule has 1 aromatic heterocycles. The van der Waals surface area contributed by atoms with Crippen LogP contribution in [0.15, 0.2) is 54.6 Å². The van der Waals surface area contributed by atoms with Gasteiger partial charge in [0.2, 0.25) is 5.95 Å². The molecule has 5 nitrogen and oxygen atoms in total. The number of nitrogens with zero attached hydrogens (tertiary/aromatic N) is 3. The summed E-state index contributed by atoms with van der Waals surface area (Å²) in [5.74, 6) is 0.987. The van der Waals surface area contributed by atoms with Crippen molar-refractivity contribution in [2.45, 2.75) is 6.92 Å². The average Bonchev–Trinajstić information content (AvgIpc) is 2.65. The Morgan fingerprint density at radius 1 is 1.00 bits per heavy atom. The normalized spacial score (nSPS) is 10.9. The molecule has 2 N–H and O–H groups in total. The van der Waals surface area contributed by atoms with Crippen molar-refractivity contribution in [2.75, 3.05) is 37.8 Å². The SMILES string of the molecule is Cc1cc(Nc2cc(-c3ccccc3)nc(NCCN(C)C)n2)ccc1F. The van der Waals surface area contributed by atoms with Crippen LogP contribution >= 0.6 is 0 Å². The van der Waals surface area contributed by atoms with Crippen LogP contribution in [-0.2, 0) is 0 Å². The van der Waals surface area contributed by atoms with Gasteiger partial charge in [0.15, 0.2) is 0 Å². The average molecular weight is 365 g/mol. The minimum Gasteiger partial charge on any atom is -0.353 e. The molecule has 0 aliphatic carbocycles. The zero-order valence-electron chi connectivity index (χ0n) is 15.8. The van der Waals surface area contributed by atoms with Crippen molar-refractivity contribution < 1.29 is 4.39 Å².